The summed E-state index contributed by atoms with van der Waals surface area (Å²) < 4.78 is 29.7. The van der Waals surface area contributed by atoms with E-state index in [0.717, 1.165) is 0 Å². The van der Waals surface area contributed by atoms with Crippen molar-refractivity contribution >= 4 is 33.2 Å². The van der Waals surface area contributed by atoms with E-state index in [1.54, 1.807) is 36.4 Å². The Bertz CT molecular complexity index is 1150. The lowest BCUT2D eigenvalue weighted by Crippen LogP contribution is -2.15. The standard InChI is InChI=1S/C22H17ClO5S/c1-2-29(26,27)20-6-4-3-5-19(20)22(25)28-18-13-9-16(10-14-18)21(24)15-7-11-17(23)12-8-15/h3-14H,2H2,1H3. The first-order chi connectivity index (χ1) is 13.8. The summed E-state index contributed by atoms with van der Waals surface area (Å²) in [5.74, 6) is -0.904. The van der Waals surface area contributed by atoms with Crippen LogP contribution in [0.2, 0.25) is 5.02 Å². The number of esters is 1. The molecule has 0 spiro atoms. The summed E-state index contributed by atoms with van der Waals surface area (Å²) in [4.78, 5) is 24.9. The van der Waals surface area contributed by atoms with Gasteiger partial charge in [0.05, 0.1) is 16.2 Å². The van der Waals surface area contributed by atoms with Crippen LogP contribution in [-0.4, -0.2) is 25.9 Å². The molecule has 148 valence electrons. The van der Waals surface area contributed by atoms with Crippen molar-refractivity contribution in [3.63, 3.8) is 0 Å². The zero-order valence-electron chi connectivity index (χ0n) is 15.5. The van der Waals surface area contributed by atoms with Crippen molar-refractivity contribution in [2.24, 2.45) is 0 Å². The Balaban J connectivity index is 1.79. The molecule has 3 aromatic rings. The molecule has 0 atom stereocenters. The Morgan fingerprint density at radius 1 is 0.862 bits per heavy atom. The Kier molecular flexibility index (Phi) is 6.15. The molecular formula is C22H17ClO5S. The van der Waals surface area contributed by atoms with E-state index in [2.05, 4.69) is 0 Å². The molecule has 0 amide bonds. The van der Waals surface area contributed by atoms with Crippen molar-refractivity contribution < 1.29 is 22.7 Å². The van der Waals surface area contributed by atoms with Gasteiger partial charge < -0.3 is 4.74 Å². The van der Waals surface area contributed by atoms with Crippen molar-refractivity contribution in [2.45, 2.75) is 11.8 Å². The zero-order valence-corrected chi connectivity index (χ0v) is 17.0. The molecule has 0 aromatic heterocycles. The summed E-state index contributed by atoms with van der Waals surface area (Å²) in [5.41, 5.74) is 0.870. The third-order valence-electron chi connectivity index (χ3n) is 4.26. The van der Waals surface area contributed by atoms with Crippen LogP contribution < -0.4 is 4.74 Å². The van der Waals surface area contributed by atoms with Gasteiger partial charge in [0.2, 0.25) is 0 Å². The van der Waals surface area contributed by atoms with Gasteiger partial charge in [-0.05, 0) is 60.7 Å². The van der Waals surface area contributed by atoms with E-state index in [1.165, 1.54) is 43.3 Å². The maximum atomic E-state index is 12.5. The summed E-state index contributed by atoms with van der Waals surface area (Å²) in [6.45, 7) is 1.51. The number of carbonyl (C=O) groups excluding carboxylic acids is 2. The van der Waals surface area contributed by atoms with E-state index in [9.17, 15) is 18.0 Å². The lowest BCUT2D eigenvalue weighted by Gasteiger charge is -2.09. The highest BCUT2D eigenvalue weighted by molar-refractivity contribution is 7.91. The number of ether oxygens (including phenoxy) is 1. The molecule has 0 fully saturated rings. The van der Waals surface area contributed by atoms with Crippen LogP contribution in [0.25, 0.3) is 0 Å². The number of ketones is 1. The first-order valence-corrected chi connectivity index (χ1v) is 10.8. The van der Waals surface area contributed by atoms with Crippen LogP contribution in [-0.2, 0) is 9.84 Å². The second-order valence-electron chi connectivity index (χ2n) is 6.15. The van der Waals surface area contributed by atoms with Gasteiger partial charge in [0.1, 0.15) is 5.75 Å². The first-order valence-electron chi connectivity index (χ1n) is 8.76. The third kappa shape index (κ3) is 4.72. The molecule has 0 unspecified atom stereocenters. The van der Waals surface area contributed by atoms with Gasteiger partial charge in [0, 0.05) is 16.1 Å². The van der Waals surface area contributed by atoms with Crippen molar-refractivity contribution in [3.8, 4) is 5.75 Å². The molecule has 0 saturated heterocycles. The van der Waals surface area contributed by atoms with E-state index in [-0.39, 0.29) is 27.7 Å². The lowest BCUT2D eigenvalue weighted by molar-refractivity contribution is 0.0730. The van der Waals surface area contributed by atoms with Crippen LogP contribution in [0, 0.1) is 0 Å². The summed E-state index contributed by atoms with van der Waals surface area (Å²) >= 11 is 5.83. The molecule has 0 N–H and O–H groups in total. The molecule has 3 rings (SSSR count). The van der Waals surface area contributed by atoms with Gasteiger partial charge in [-0.15, -0.1) is 0 Å². The second-order valence-corrected chi connectivity index (χ2v) is 8.83. The molecular weight excluding hydrogens is 412 g/mol. The summed E-state index contributed by atoms with van der Waals surface area (Å²) in [7, 11) is -3.57. The molecule has 0 saturated carbocycles. The average Bonchev–Trinajstić information content (AvgIpc) is 2.74. The fourth-order valence-corrected chi connectivity index (χ4v) is 3.88. The van der Waals surface area contributed by atoms with Crippen molar-refractivity contribution in [3.05, 3.63) is 94.5 Å². The first kappa shape index (κ1) is 20.8. The normalized spacial score (nSPS) is 11.1. The number of halogens is 1. The van der Waals surface area contributed by atoms with Crippen LogP contribution in [0.5, 0.6) is 5.75 Å². The molecule has 3 aromatic carbocycles. The maximum absolute atomic E-state index is 12.5. The molecule has 0 bridgehead atoms. The van der Waals surface area contributed by atoms with E-state index >= 15 is 0 Å². The molecule has 0 aliphatic rings. The van der Waals surface area contributed by atoms with Crippen molar-refractivity contribution in [2.75, 3.05) is 5.75 Å². The molecule has 0 aliphatic carbocycles. The Hall–Kier alpha value is -2.96. The van der Waals surface area contributed by atoms with Crippen molar-refractivity contribution in [1.29, 1.82) is 0 Å². The fourth-order valence-electron chi connectivity index (χ4n) is 2.67. The summed E-state index contributed by atoms with van der Waals surface area (Å²) in [6, 6.07) is 18.5. The Morgan fingerprint density at radius 2 is 1.41 bits per heavy atom. The van der Waals surface area contributed by atoms with E-state index < -0.39 is 15.8 Å². The van der Waals surface area contributed by atoms with E-state index in [1.807, 2.05) is 0 Å². The number of benzene rings is 3. The van der Waals surface area contributed by atoms with Crippen LogP contribution >= 0.6 is 11.6 Å². The van der Waals surface area contributed by atoms with Crippen molar-refractivity contribution in [1.82, 2.24) is 0 Å². The number of sulfone groups is 1. The maximum Gasteiger partial charge on any atom is 0.344 e. The predicted molar refractivity (Wildman–Crippen MR) is 110 cm³/mol. The highest BCUT2D eigenvalue weighted by atomic mass is 35.5. The molecule has 7 heteroatoms. The highest BCUT2D eigenvalue weighted by Crippen LogP contribution is 2.21. The fraction of sp³-hybridized carbons (Fsp3) is 0.0909. The second kappa shape index (κ2) is 8.59. The average molecular weight is 429 g/mol. The van der Waals surface area contributed by atoms with Gasteiger partial charge in [-0.3, -0.25) is 4.79 Å². The number of hydrogen-bond donors (Lipinski definition) is 0. The lowest BCUT2D eigenvalue weighted by atomic mass is 10.0. The van der Waals surface area contributed by atoms with Crippen LogP contribution in [0.15, 0.2) is 77.7 Å². The smallest absolute Gasteiger partial charge is 0.344 e. The number of carbonyl (C=O) groups is 2. The zero-order chi connectivity index (χ0) is 21.0. The molecule has 5 nitrogen and oxygen atoms in total. The van der Waals surface area contributed by atoms with E-state index in [4.69, 9.17) is 16.3 Å². The van der Waals surface area contributed by atoms with Crippen LogP contribution in [0.1, 0.15) is 33.2 Å². The SMILES string of the molecule is CCS(=O)(=O)c1ccccc1C(=O)Oc1ccc(C(=O)c2ccc(Cl)cc2)cc1. The quantitative estimate of drug-likeness (QED) is 0.326. The summed E-state index contributed by atoms with van der Waals surface area (Å²) in [5, 5.41) is 0.536. The van der Waals surface area contributed by atoms with Gasteiger partial charge in [-0.1, -0.05) is 30.7 Å². The minimum absolute atomic E-state index is 0.0318. The Morgan fingerprint density at radius 3 is 2.00 bits per heavy atom. The van der Waals surface area contributed by atoms with Gasteiger partial charge in [0.25, 0.3) is 0 Å². The summed E-state index contributed by atoms with van der Waals surface area (Å²) in [6.07, 6.45) is 0. The number of rotatable bonds is 6. The highest BCUT2D eigenvalue weighted by Gasteiger charge is 2.22. The van der Waals surface area contributed by atoms with Gasteiger partial charge in [0.15, 0.2) is 15.6 Å². The largest absolute Gasteiger partial charge is 0.423 e. The number of hydrogen-bond acceptors (Lipinski definition) is 5. The van der Waals surface area contributed by atoms with Gasteiger partial charge in [-0.2, -0.15) is 0 Å². The molecule has 0 aliphatic heterocycles. The topological polar surface area (TPSA) is 77.5 Å². The molecule has 0 heterocycles. The van der Waals surface area contributed by atoms with Crippen LogP contribution in [0.4, 0.5) is 0 Å². The minimum atomic E-state index is -3.57. The molecule has 29 heavy (non-hydrogen) atoms. The third-order valence-corrected chi connectivity index (χ3v) is 6.29. The predicted octanol–water partition coefficient (Wildman–Crippen LogP) is 4.58. The van der Waals surface area contributed by atoms with Gasteiger partial charge in [-0.25, -0.2) is 13.2 Å². The Labute approximate surface area is 173 Å². The van der Waals surface area contributed by atoms with Gasteiger partial charge >= 0.3 is 5.97 Å². The van der Waals surface area contributed by atoms with E-state index in [0.29, 0.717) is 16.1 Å². The minimum Gasteiger partial charge on any atom is -0.423 e. The molecule has 0 radical (unpaired) electrons. The monoisotopic (exact) mass is 428 g/mol. The van der Waals surface area contributed by atoms with Crippen LogP contribution in [0.3, 0.4) is 0 Å².